The van der Waals surface area contributed by atoms with Crippen LogP contribution in [0.4, 0.5) is 4.39 Å². The molecule has 0 saturated heterocycles. The molecule has 5 nitrogen and oxygen atoms in total. The van der Waals surface area contributed by atoms with Gasteiger partial charge in [0.25, 0.3) is 0 Å². The highest BCUT2D eigenvalue weighted by molar-refractivity contribution is 14.1. The largest absolute Gasteiger partial charge is 0.489 e. The molecule has 0 aliphatic rings. The summed E-state index contributed by atoms with van der Waals surface area (Å²) >= 11 is 2.25. The first kappa shape index (κ1) is 19.6. The van der Waals surface area contributed by atoms with E-state index in [-0.39, 0.29) is 24.8 Å². The Hall–Kier alpha value is -1.71. The smallest absolute Gasteiger partial charge is 0.236 e. The van der Waals surface area contributed by atoms with Gasteiger partial charge in [0, 0.05) is 10.1 Å². The number of hydrogen-bond donors (Lipinski definition) is 3. The van der Waals surface area contributed by atoms with Crippen molar-refractivity contribution in [3.05, 3.63) is 63.0 Å². The highest BCUT2D eigenvalue weighted by atomic mass is 127. The van der Waals surface area contributed by atoms with Crippen LogP contribution in [0.1, 0.15) is 17.5 Å². The van der Waals surface area contributed by atoms with E-state index in [9.17, 15) is 9.18 Å². The molecule has 0 saturated carbocycles. The van der Waals surface area contributed by atoms with E-state index < -0.39 is 0 Å². The normalized spacial score (nSPS) is 10.5. The van der Waals surface area contributed by atoms with E-state index in [1.807, 2.05) is 18.2 Å². The van der Waals surface area contributed by atoms with Crippen molar-refractivity contribution in [3.63, 3.8) is 0 Å². The molecule has 7 heteroatoms. The van der Waals surface area contributed by atoms with Crippen LogP contribution in [0.2, 0.25) is 0 Å². The van der Waals surface area contributed by atoms with E-state index in [0.29, 0.717) is 19.6 Å². The van der Waals surface area contributed by atoms with Crippen LogP contribution in [0.25, 0.3) is 0 Å². The summed E-state index contributed by atoms with van der Waals surface area (Å²) in [5.74, 6) is 0.233. The number of carbonyl (C=O) groups excluding carboxylic acids is 1. The highest BCUT2D eigenvalue weighted by Crippen LogP contribution is 2.21. The van der Waals surface area contributed by atoms with Crippen LogP contribution in [0, 0.1) is 9.39 Å². The third kappa shape index (κ3) is 6.97. The molecule has 0 atom stereocenters. The first-order chi connectivity index (χ1) is 12.1. The molecule has 25 heavy (non-hydrogen) atoms. The van der Waals surface area contributed by atoms with Crippen molar-refractivity contribution in [2.75, 3.05) is 13.2 Å². The van der Waals surface area contributed by atoms with Gasteiger partial charge in [-0.3, -0.25) is 10.2 Å². The Labute approximate surface area is 159 Å². The van der Waals surface area contributed by atoms with Gasteiger partial charge >= 0.3 is 0 Å². The predicted octanol–water partition coefficient (Wildman–Crippen LogP) is 2.56. The Morgan fingerprint density at radius 2 is 1.96 bits per heavy atom. The maximum atomic E-state index is 12.9. The van der Waals surface area contributed by atoms with Gasteiger partial charge in [0.05, 0.1) is 13.0 Å². The molecule has 0 aromatic heterocycles. The van der Waals surface area contributed by atoms with Gasteiger partial charge in [-0.25, -0.2) is 9.82 Å². The number of amides is 1. The van der Waals surface area contributed by atoms with E-state index in [1.165, 1.54) is 12.1 Å². The van der Waals surface area contributed by atoms with Crippen LogP contribution in [-0.2, 0) is 17.8 Å². The topological polar surface area (TPSA) is 70.6 Å². The Kier molecular flexibility index (Phi) is 8.10. The minimum absolute atomic E-state index is 0.0806. The number of nitrogens with one attached hydrogen (secondary N) is 2. The van der Waals surface area contributed by atoms with Crippen molar-refractivity contribution in [3.8, 4) is 5.75 Å². The summed E-state index contributed by atoms with van der Waals surface area (Å²) in [6.45, 7) is 0.767. The highest BCUT2D eigenvalue weighted by Gasteiger charge is 2.04. The molecule has 0 spiro atoms. The average molecular weight is 458 g/mol. The molecule has 0 aliphatic carbocycles. The summed E-state index contributed by atoms with van der Waals surface area (Å²) in [7, 11) is 0. The summed E-state index contributed by atoms with van der Waals surface area (Å²) in [5.41, 5.74) is 7.36. The lowest BCUT2D eigenvalue weighted by atomic mass is 10.1. The summed E-state index contributed by atoms with van der Waals surface area (Å²) < 4.78 is 19.8. The van der Waals surface area contributed by atoms with Gasteiger partial charge in [0.2, 0.25) is 5.91 Å². The fourth-order valence-corrected chi connectivity index (χ4v) is 2.71. The molecule has 0 aliphatic heterocycles. The first-order valence-electron chi connectivity index (χ1n) is 7.86. The fraction of sp³-hybridized carbons (Fsp3) is 0.278. The second-order valence-electron chi connectivity index (χ2n) is 5.37. The molecule has 0 unspecified atom stereocenters. The van der Waals surface area contributed by atoms with Crippen molar-refractivity contribution in [1.82, 2.24) is 10.9 Å². The molecule has 1 amide bonds. The number of hydrogen-bond acceptors (Lipinski definition) is 4. The predicted molar refractivity (Wildman–Crippen MR) is 101 cm³/mol. The maximum Gasteiger partial charge on any atom is 0.236 e. The van der Waals surface area contributed by atoms with E-state index in [2.05, 4.69) is 33.4 Å². The van der Waals surface area contributed by atoms with Gasteiger partial charge in [-0.05, 0) is 70.5 Å². The number of benzene rings is 2. The third-order valence-electron chi connectivity index (χ3n) is 3.42. The third-order valence-corrected chi connectivity index (χ3v) is 4.47. The zero-order valence-electron chi connectivity index (χ0n) is 13.6. The van der Waals surface area contributed by atoms with Crippen molar-refractivity contribution in [2.45, 2.75) is 19.4 Å². The number of halogens is 2. The SMILES string of the molecule is O=C(CCO)NNCCc1cc(OCc2ccc(F)cc2)ccc1I. The lowest BCUT2D eigenvalue weighted by molar-refractivity contribution is -0.122. The summed E-state index contributed by atoms with van der Waals surface area (Å²) in [6, 6.07) is 12.0. The molecule has 3 N–H and O–H groups in total. The molecule has 0 heterocycles. The number of aliphatic hydroxyl groups excluding tert-OH is 1. The zero-order chi connectivity index (χ0) is 18.1. The zero-order valence-corrected chi connectivity index (χ0v) is 15.8. The number of hydrazine groups is 1. The number of carbonyl (C=O) groups is 1. The Balaban J connectivity index is 1.84. The number of rotatable bonds is 9. The van der Waals surface area contributed by atoms with Gasteiger partial charge in [0.15, 0.2) is 0 Å². The molecule has 0 radical (unpaired) electrons. The fourth-order valence-electron chi connectivity index (χ4n) is 2.10. The Morgan fingerprint density at radius 3 is 2.68 bits per heavy atom. The molecule has 2 rings (SSSR count). The summed E-state index contributed by atoms with van der Waals surface area (Å²) in [5, 5.41) is 8.66. The van der Waals surface area contributed by atoms with Crippen LogP contribution in [0.15, 0.2) is 42.5 Å². The maximum absolute atomic E-state index is 12.9. The quantitative estimate of drug-likeness (QED) is 0.307. The first-order valence-corrected chi connectivity index (χ1v) is 8.94. The standard InChI is InChI=1S/C18H20FIN2O3/c19-15-3-1-13(2-4-15)12-25-16-5-6-17(20)14(11-16)7-9-21-22-18(24)8-10-23/h1-6,11,21,23H,7-10,12H2,(H,22,24). The molecule has 0 fully saturated rings. The van der Waals surface area contributed by atoms with Gasteiger partial charge < -0.3 is 9.84 Å². The molecular weight excluding hydrogens is 438 g/mol. The summed E-state index contributed by atoms with van der Waals surface area (Å²) in [6.07, 6.45) is 0.794. The van der Waals surface area contributed by atoms with E-state index >= 15 is 0 Å². The van der Waals surface area contributed by atoms with Crippen LogP contribution >= 0.6 is 22.6 Å². The van der Waals surface area contributed by atoms with E-state index in [4.69, 9.17) is 9.84 Å². The van der Waals surface area contributed by atoms with Gasteiger partial charge in [-0.2, -0.15) is 0 Å². The lowest BCUT2D eigenvalue weighted by Crippen LogP contribution is -2.38. The number of ether oxygens (including phenoxy) is 1. The Bertz CT molecular complexity index is 695. The summed E-state index contributed by atoms with van der Waals surface area (Å²) in [4.78, 5) is 11.2. The second kappa shape index (κ2) is 10.3. The lowest BCUT2D eigenvalue weighted by Gasteiger charge is -2.11. The number of aliphatic hydroxyl groups is 1. The van der Waals surface area contributed by atoms with Gasteiger partial charge in [-0.15, -0.1) is 0 Å². The van der Waals surface area contributed by atoms with Crippen LogP contribution in [0.5, 0.6) is 5.75 Å². The van der Waals surface area contributed by atoms with Crippen LogP contribution < -0.4 is 15.6 Å². The Morgan fingerprint density at radius 1 is 1.20 bits per heavy atom. The van der Waals surface area contributed by atoms with Crippen molar-refractivity contribution in [2.24, 2.45) is 0 Å². The van der Waals surface area contributed by atoms with Gasteiger partial charge in [0.1, 0.15) is 18.2 Å². The molecule has 0 bridgehead atoms. The minimum atomic E-state index is -0.265. The molecule has 2 aromatic carbocycles. The molecule has 134 valence electrons. The van der Waals surface area contributed by atoms with Crippen molar-refractivity contribution < 1.29 is 19.0 Å². The van der Waals surface area contributed by atoms with Crippen LogP contribution in [-0.4, -0.2) is 24.2 Å². The monoisotopic (exact) mass is 458 g/mol. The van der Waals surface area contributed by atoms with E-state index in [1.54, 1.807) is 12.1 Å². The van der Waals surface area contributed by atoms with Crippen LogP contribution in [0.3, 0.4) is 0 Å². The van der Waals surface area contributed by atoms with Crippen molar-refractivity contribution >= 4 is 28.5 Å². The molecule has 2 aromatic rings. The molecular formula is C18H20FIN2O3. The van der Waals surface area contributed by atoms with Crippen molar-refractivity contribution in [1.29, 1.82) is 0 Å². The average Bonchev–Trinajstić information content (AvgIpc) is 2.60. The second-order valence-corrected chi connectivity index (χ2v) is 6.53. The van der Waals surface area contributed by atoms with E-state index in [0.717, 1.165) is 20.4 Å². The minimum Gasteiger partial charge on any atom is -0.489 e. The van der Waals surface area contributed by atoms with Gasteiger partial charge in [-0.1, -0.05) is 12.1 Å².